The first-order valence-electron chi connectivity index (χ1n) is 42.1. The molecule has 0 rings (SSSR count). The lowest BCUT2D eigenvalue weighted by Gasteiger charge is -2.21. The van der Waals surface area contributed by atoms with Crippen LogP contribution >= 0.6 is 15.6 Å². The van der Waals surface area contributed by atoms with E-state index in [-0.39, 0.29) is 25.7 Å². The maximum atomic E-state index is 13.1. The van der Waals surface area contributed by atoms with Gasteiger partial charge in [-0.15, -0.1) is 0 Å². The van der Waals surface area contributed by atoms with Gasteiger partial charge in [-0.1, -0.05) is 381 Å². The Labute approximate surface area is 613 Å². The Morgan fingerprint density at radius 2 is 0.460 bits per heavy atom. The van der Waals surface area contributed by atoms with Gasteiger partial charge in [0.1, 0.15) is 19.3 Å². The molecule has 594 valence electrons. The van der Waals surface area contributed by atoms with E-state index < -0.39 is 97.5 Å². The Kier molecular flexibility index (Phi) is 72.5. The molecule has 0 aliphatic rings. The highest BCUT2D eigenvalue weighted by Crippen LogP contribution is 2.45. The molecule has 5 atom stereocenters. The number of carbonyl (C=O) groups is 4. The van der Waals surface area contributed by atoms with Crippen LogP contribution in [0, 0.1) is 5.92 Å². The first-order valence-corrected chi connectivity index (χ1v) is 45.1. The summed E-state index contributed by atoms with van der Waals surface area (Å²) in [5, 5.41) is 10.6. The predicted molar refractivity (Wildman–Crippen MR) is 409 cm³/mol. The van der Waals surface area contributed by atoms with Gasteiger partial charge < -0.3 is 33.8 Å². The number of ether oxygens (including phenoxy) is 4. The van der Waals surface area contributed by atoms with Crippen LogP contribution in [0.15, 0.2) is 0 Å². The lowest BCUT2D eigenvalue weighted by molar-refractivity contribution is -0.161. The number of unbranched alkanes of at least 4 members (excludes halogenated alkanes) is 53. The molecule has 100 heavy (non-hydrogen) atoms. The highest BCUT2D eigenvalue weighted by molar-refractivity contribution is 7.47. The summed E-state index contributed by atoms with van der Waals surface area (Å²) < 4.78 is 68.7. The zero-order valence-corrected chi connectivity index (χ0v) is 67.1. The third-order valence-corrected chi connectivity index (χ3v) is 20.9. The average molecular weight is 1470 g/mol. The largest absolute Gasteiger partial charge is 0.472 e. The van der Waals surface area contributed by atoms with Crippen molar-refractivity contribution in [2.75, 3.05) is 39.6 Å². The van der Waals surface area contributed by atoms with Gasteiger partial charge in [-0.25, -0.2) is 9.13 Å². The maximum absolute atomic E-state index is 13.1. The first kappa shape index (κ1) is 98.1. The number of carbonyl (C=O) groups excluding carboxylic acids is 4. The summed E-state index contributed by atoms with van der Waals surface area (Å²) in [6.45, 7) is 7.33. The Balaban J connectivity index is 5.19. The molecule has 0 aromatic carbocycles. The van der Waals surface area contributed by atoms with E-state index in [1.807, 2.05) is 0 Å². The lowest BCUT2D eigenvalue weighted by Crippen LogP contribution is -2.30. The lowest BCUT2D eigenvalue weighted by atomic mass is 10.0. The number of aliphatic hydroxyl groups is 1. The van der Waals surface area contributed by atoms with Crippen molar-refractivity contribution in [1.29, 1.82) is 0 Å². The summed E-state index contributed by atoms with van der Waals surface area (Å²) in [7, 11) is -9.91. The van der Waals surface area contributed by atoms with E-state index in [0.717, 1.165) is 95.8 Å². The van der Waals surface area contributed by atoms with Crippen molar-refractivity contribution in [3.8, 4) is 0 Å². The van der Waals surface area contributed by atoms with Crippen molar-refractivity contribution in [3.05, 3.63) is 0 Å². The van der Waals surface area contributed by atoms with Gasteiger partial charge in [0.2, 0.25) is 0 Å². The van der Waals surface area contributed by atoms with Gasteiger partial charge in [0.15, 0.2) is 12.2 Å². The van der Waals surface area contributed by atoms with E-state index in [0.29, 0.717) is 25.7 Å². The second-order valence-corrected chi connectivity index (χ2v) is 32.5. The summed E-state index contributed by atoms with van der Waals surface area (Å²) in [5.41, 5.74) is 0. The topological polar surface area (TPSA) is 237 Å². The van der Waals surface area contributed by atoms with Gasteiger partial charge in [0.25, 0.3) is 0 Å². The molecular formula is C81H158O17P2. The summed E-state index contributed by atoms with van der Waals surface area (Å²) in [6, 6.07) is 0. The van der Waals surface area contributed by atoms with Gasteiger partial charge in [-0.2, -0.15) is 0 Å². The monoisotopic (exact) mass is 1470 g/mol. The van der Waals surface area contributed by atoms with Crippen molar-refractivity contribution in [3.63, 3.8) is 0 Å². The number of hydrogen-bond acceptors (Lipinski definition) is 15. The molecule has 3 N–H and O–H groups in total. The van der Waals surface area contributed by atoms with E-state index in [2.05, 4.69) is 34.6 Å². The summed E-state index contributed by atoms with van der Waals surface area (Å²) in [6.07, 6.45) is 65.3. The van der Waals surface area contributed by atoms with Gasteiger partial charge in [-0.3, -0.25) is 37.3 Å². The molecule has 0 fully saturated rings. The molecule has 2 unspecified atom stereocenters. The quantitative estimate of drug-likeness (QED) is 0.0222. The Hall–Kier alpha value is -1.94. The third kappa shape index (κ3) is 74.3. The summed E-state index contributed by atoms with van der Waals surface area (Å²) >= 11 is 0. The van der Waals surface area contributed by atoms with Crippen molar-refractivity contribution >= 4 is 39.5 Å². The number of phosphoric acid groups is 2. The van der Waals surface area contributed by atoms with E-state index in [9.17, 15) is 43.2 Å². The SMILES string of the molecule is CCCCCCCCCCCCCCCCCCCCCCC(=O)O[C@H](COC(=O)CCCCCCCCCCCCCCCC(C)C)COP(=O)(O)OC[C@@H](O)COP(=O)(O)OC[C@@H](COC(=O)CCCCCCCCCC)OC(=O)CCCCCCCCCCCCCCCCCC. The second-order valence-electron chi connectivity index (χ2n) is 29.6. The second kappa shape index (κ2) is 73.9. The Bertz CT molecular complexity index is 1910. The zero-order chi connectivity index (χ0) is 73.4. The number of hydrogen-bond donors (Lipinski definition) is 3. The average Bonchev–Trinajstić information content (AvgIpc) is 0.941. The van der Waals surface area contributed by atoms with Crippen LogP contribution in [0.1, 0.15) is 433 Å². The van der Waals surface area contributed by atoms with Crippen LogP contribution in [-0.2, 0) is 65.4 Å². The van der Waals surface area contributed by atoms with Crippen molar-refractivity contribution < 1.29 is 80.2 Å². The van der Waals surface area contributed by atoms with Crippen molar-refractivity contribution in [2.45, 2.75) is 451 Å². The Morgan fingerprint density at radius 3 is 0.680 bits per heavy atom. The van der Waals surface area contributed by atoms with Crippen LogP contribution in [0.5, 0.6) is 0 Å². The number of esters is 4. The zero-order valence-electron chi connectivity index (χ0n) is 65.3. The Morgan fingerprint density at radius 1 is 0.270 bits per heavy atom. The fourth-order valence-corrected chi connectivity index (χ4v) is 14.2. The molecule has 0 saturated heterocycles. The highest BCUT2D eigenvalue weighted by atomic mass is 31.2. The fourth-order valence-electron chi connectivity index (χ4n) is 12.6. The molecule has 0 bridgehead atoms. The van der Waals surface area contributed by atoms with Crippen molar-refractivity contribution in [1.82, 2.24) is 0 Å². The predicted octanol–water partition coefficient (Wildman–Crippen LogP) is 24.4. The van der Waals surface area contributed by atoms with Crippen molar-refractivity contribution in [2.24, 2.45) is 5.92 Å². The first-order chi connectivity index (χ1) is 48.5. The minimum absolute atomic E-state index is 0.108. The summed E-state index contributed by atoms with van der Waals surface area (Å²) in [5.74, 6) is -1.32. The van der Waals surface area contributed by atoms with E-state index in [1.54, 1.807) is 0 Å². The molecule has 0 aliphatic carbocycles. The number of aliphatic hydroxyl groups excluding tert-OH is 1. The summed E-state index contributed by atoms with van der Waals surface area (Å²) in [4.78, 5) is 72.9. The molecule has 0 radical (unpaired) electrons. The standard InChI is InChI=1S/C81H158O17P2/c1-6-9-12-15-18-21-23-25-27-29-30-31-32-34-38-43-47-52-57-62-67-81(86)98-77(71-92-79(84)65-60-55-50-45-41-39-35-36-40-44-48-53-58-63-74(4)5)73-96-100(89,90)94-69-75(82)68-93-99(87,88)95-72-76(70-91-78(83)64-59-54-49-20-17-14-11-8-3)97-80(85)66-61-56-51-46-42-37-33-28-26-24-22-19-16-13-10-7-2/h74-77,82H,6-73H2,1-5H3,(H,87,88)(H,89,90)/t75-,76+,77+/m0/s1. The van der Waals surface area contributed by atoms with E-state index >= 15 is 0 Å². The van der Waals surface area contributed by atoms with Gasteiger partial charge in [0, 0.05) is 25.7 Å². The molecule has 17 nitrogen and oxygen atoms in total. The number of phosphoric ester groups is 2. The normalized spacial score (nSPS) is 13.8. The molecule has 0 aromatic rings. The molecule has 0 heterocycles. The van der Waals surface area contributed by atoms with Gasteiger partial charge in [0.05, 0.1) is 26.4 Å². The van der Waals surface area contributed by atoms with Crippen LogP contribution in [-0.4, -0.2) is 96.7 Å². The van der Waals surface area contributed by atoms with Crippen LogP contribution in [0.3, 0.4) is 0 Å². The molecule has 19 heteroatoms. The van der Waals surface area contributed by atoms with Gasteiger partial charge in [-0.05, 0) is 31.6 Å². The highest BCUT2D eigenvalue weighted by Gasteiger charge is 2.30. The van der Waals surface area contributed by atoms with Gasteiger partial charge >= 0.3 is 39.5 Å². The molecule has 0 amide bonds. The van der Waals surface area contributed by atoms with Crippen LogP contribution in [0.2, 0.25) is 0 Å². The number of rotatable bonds is 81. The third-order valence-electron chi connectivity index (χ3n) is 19.0. The van der Waals surface area contributed by atoms with Crippen LogP contribution < -0.4 is 0 Å². The molecule has 0 aliphatic heterocycles. The molecule has 0 aromatic heterocycles. The van der Waals surface area contributed by atoms with Crippen LogP contribution in [0.25, 0.3) is 0 Å². The smallest absolute Gasteiger partial charge is 0.462 e. The van der Waals surface area contributed by atoms with E-state index in [4.69, 9.17) is 37.0 Å². The molecule has 0 saturated carbocycles. The van der Waals surface area contributed by atoms with E-state index in [1.165, 1.54) is 257 Å². The molecule has 0 spiro atoms. The maximum Gasteiger partial charge on any atom is 0.472 e. The molecular weight excluding hydrogens is 1310 g/mol. The fraction of sp³-hybridized carbons (Fsp3) is 0.951. The van der Waals surface area contributed by atoms with Crippen LogP contribution in [0.4, 0.5) is 0 Å². The minimum Gasteiger partial charge on any atom is -0.462 e. The minimum atomic E-state index is -4.96.